The van der Waals surface area contributed by atoms with Gasteiger partial charge in [0.1, 0.15) is 21.3 Å². The van der Waals surface area contributed by atoms with Crippen molar-refractivity contribution in [1.82, 2.24) is 0 Å². The zero-order valence-electron chi connectivity index (χ0n) is 11.9. The average Bonchev–Trinajstić information content (AvgIpc) is 2.44. The molecule has 5 nitrogen and oxygen atoms in total. The van der Waals surface area contributed by atoms with Crippen LogP contribution in [-0.4, -0.2) is 40.7 Å². The van der Waals surface area contributed by atoms with Gasteiger partial charge in [-0.3, -0.25) is 0 Å². The van der Waals surface area contributed by atoms with E-state index in [9.17, 15) is 8.42 Å². The van der Waals surface area contributed by atoms with E-state index in [4.69, 9.17) is 21.1 Å². The number of anilines is 1. The summed E-state index contributed by atoms with van der Waals surface area (Å²) in [6.07, 6.45) is 0.532. The predicted octanol–water partition coefficient (Wildman–Crippen LogP) is 2.59. The van der Waals surface area contributed by atoms with Crippen LogP contribution in [0.25, 0.3) is 0 Å². The van der Waals surface area contributed by atoms with Gasteiger partial charge in [0, 0.05) is 24.4 Å². The van der Waals surface area contributed by atoms with E-state index in [2.05, 4.69) is 5.32 Å². The maximum Gasteiger partial charge on any atom is 0.150 e. The molecule has 1 rings (SSSR count). The first-order chi connectivity index (χ1) is 9.43. The molecule has 20 heavy (non-hydrogen) atoms. The molecule has 1 aromatic carbocycles. The lowest BCUT2D eigenvalue weighted by Crippen LogP contribution is -2.13. The molecule has 0 fully saturated rings. The van der Waals surface area contributed by atoms with Crippen LogP contribution in [0.5, 0.6) is 11.5 Å². The molecule has 0 saturated heterocycles. The zero-order valence-corrected chi connectivity index (χ0v) is 13.5. The lowest BCUT2D eigenvalue weighted by Gasteiger charge is -2.13. The fraction of sp³-hybridized carbons (Fsp3) is 0.538. The van der Waals surface area contributed by atoms with E-state index in [0.29, 0.717) is 29.5 Å². The zero-order chi connectivity index (χ0) is 15.2. The van der Waals surface area contributed by atoms with Crippen LogP contribution in [0.15, 0.2) is 12.1 Å². The normalized spacial score (nSPS) is 11.2. The molecule has 0 spiro atoms. The van der Waals surface area contributed by atoms with Crippen LogP contribution >= 0.6 is 11.6 Å². The van der Waals surface area contributed by atoms with E-state index in [1.54, 1.807) is 26.2 Å². The molecule has 7 heteroatoms. The highest BCUT2D eigenvalue weighted by atomic mass is 35.5. The third kappa shape index (κ3) is 4.76. The highest BCUT2D eigenvalue weighted by molar-refractivity contribution is 7.91. The molecule has 0 saturated carbocycles. The Morgan fingerprint density at radius 2 is 1.85 bits per heavy atom. The van der Waals surface area contributed by atoms with Crippen LogP contribution in [0.2, 0.25) is 5.02 Å². The quantitative estimate of drug-likeness (QED) is 0.746. The lowest BCUT2D eigenvalue weighted by molar-refractivity contribution is 0.404. The molecular weight excluding hydrogens is 302 g/mol. The van der Waals surface area contributed by atoms with Crippen LogP contribution in [0.3, 0.4) is 0 Å². The molecule has 0 aliphatic rings. The summed E-state index contributed by atoms with van der Waals surface area (Å²) in [5, 5.41) is 3.60. The van der Waals surface area contributed by atoms with Gasteiger partial charge in [0.15, 0.2) is 0 Å². The first kappa shape index (κ1) is 16.9. The molecule has 114 valence electrons. The molecular formula is C13H20ClNO4S. The number of ether oxygens (including phenoxy) is 2. The average molecular weight is 322 g/mol. The SMILES string of the molecule is CCS(=O)(=O)CCCNc1cc(OC)c(Cl)cc1OC. The van der Waals surface area contributed by atoms with Crippen molar-refractivity contribution in [3.63, 3.8) is 0 Å². The third-order valence-corrected chi connectivity index (χ3v) is 4.95. The number of sulfone groups is 1. The summed E-state index contributed by atoms with van der Waals surface area (Å²) in [6.45, 7) is 2.18. The molecule has 0 bridgehead atoms. The van der Waals surface area contributed by atoms with Crippen LogP contribution in [0.1, 0.15) is 13.3 Å². The smallest absolute Gasteiger partial charge is 0.150 e. The minimum absolute atomic E-state index is 0.170. The number of rotatable bonds is 8. The standard InChI is InChI=1S/C13H20ClNO4S/c1-4-20(16,17)7-5-6-15-11-9-12(18-2)10(14)8-13(11)19-3/h8-9,15H,4-7H2,1-3H3. The van der Waals surface area contributed by atoms with Crippen molar-refractivity contribution in [1.29, 1.82) is 0 Å². The molecule has 0 aliphatic heterocycles. The fourth-order valence-electron chi connectivity index (χ4n) is 1.66. The van der Waals surface area contributed by atoms with Gasteiger partial charge in [0.25, 0.3) is 0 Å². The van der Waals surface area contributed by atoms with Gasteiger partial charge < -0.3 is 14.8 Å². The Bertz CT molecular complexity index is 546. The number of halogens is 1. The van der Waals surface area contributed by atoms with Crippen molar-refractivity contribution in [3.05, 3.63) is 17.2 Å². The van der Waals surface area contributed by atoms with Gasteiger partial charge >= 0.3 is 0 Å². The molecule has 0 aliphatic carbocycles. The van der Waals surface area contributed by atoms with Crippen molar-refractivity contribution < 1.29 is 17.9 Å². The molecule has 0 aromatic heterocycles. The Balaban J connectivity index is 2.67. The molecule has 0 atom stereocenters. The molecule has 1 N–H and O–H groups in total. The molecule has 0 unspecified atom stereocenters. The first-order valence-corrected chi connectivity index (χ1v) is 8.49. The molecule has 0 amide bonds. The largest absolute Gasteiger partial charge is 0.495 e. The minimum Gasteiger partial charge on any atom is -0.495 e. The molecule has 0 radical (unpaired) electrons. The van der Waals surface area contributed by atoms with Gasteiger partial charge in [0.05, 0.1) is 30.7 Å². The summed E-state index contributed by atoms with van der Waals surface area (Å²) >= 11 is 6.01. The lowest BCUT2D eigenvalue weighted by atomic mass is 10.2. The van der Waals surface area contributed by atoms with Crippen LogP contribution in [0.4, 0.5) is 5.69 Å². The second-order valence-electron chi connectivity index (χ2n) is 4.20. The Morgan fingerprint density at radius 1 is 1.20 bits per heavy atom. The van der Waals surface area contributed by atoms with Crippen molar-refractivity contribution in [2.45, 2.75) is 13.3 Å². The number of benzene rings is 1. The Morgan fingerprint density at radius 3 is 2.40 bits per heavy atom. The number of methoxy groups -OCH3 is 2. The molecule has 1 aromatic rings. The van der Waals surface area contributed by atoms with Gasteiger partial charge in [-0.25, -0.2) is 8.42 Å². The summed E-state index contributed by atoms with van der Waals surface area (Å²) < 4.78 is 33.1. The Kier molecular flexibility index (Phi) is 6.42. The van der Waals surface area contributed by atoms with Crippen molar-refractivity contribution in [2.75, 3.05) is 37.6 Å². The maximum absolute atomic E-state index is 11.4. The van der Waals surface area contributed by atoms with E-state index >= 15 is 0 Å². The van der Waals surface area contributed by atoms with Crippen LogP contribution in [0, 0.1) is 0 Å². The summed E-state index contributed by atoms with van der Waals surface area (Å²) in [6, 6.07) is 3.39. The van der Waals surface area contributed by atoms with E-state index in [0.717, 1.165) is 5.69 Å². The van der Waals surface area contributed by atoms with Gasteiger partial charge in [-0.05, 0) is 6.42 Å². The minimum atomic E-state index is -2.93. The summed E-state index contributed by atoms with van der Waals surface area (Å²) in [5.41, 5.74) is 0.725. The van der Waals surface area contributed by atoms with Gasteiger partial charge in [-0.1, -0.05) is 18.5 Å². The summed E-state index contributed by atoms with van der Waals surface area (Å²) in [5.74, 6) is 1.47. The highest BCUT2D eigenvalue weighted by Crippen LogP contribution is 2.35. The van der Waals surface area contributed by atoms with Gasteiger partial charge in [0.2, 0.25) is 0 Å². The third-order valence-electron chi connectivity index (χ3n) is 2.86. The van der Waals surface area contributed by atoms with Crippen molar-refractivity contribution in [3.8, 4) is 11.5 Å². The van der Waals surface area contributed by atoms with Gasteiger partial charge in [-0.15, -0.1) is 0 Å². The van der Waals surface area contributed by atoms with E-state index in [1.165, 1.54) is 7.11 Å². The Labute approximate surface area is 125 Å². The summed E-state index contributed by atoms with van der Waals surface area (Å²) in [7, 11) is 0.153. The number of nitrogens with one attached hydrogen (secondary N) is 1. The number of hydrogen-bond acceptors (Lipinski definition) is 5. The Hall–Kier alpha value is -1.14. The van der Waals surface area contributed by atoms with Crippen LogP contribution in [-0.2, 0) is 9.84 Å². The second kappa shape index (κ2) is 7.59. The monoisotopic (exact) mass is 321 g/mol. The van der Waals surface area contributed by atoms with E-state index < -0.39 is 9.84 Å². The maximum atomic E-state index is 11.4. The topological polar surface area (TPSA) is 64.6 Å². The fourth-order valence-corrected chi connectivity index (χ4v) is 2.76. The van der Waals surface area contributed by atoms with Crippen molar-refractivity contribution >= 4 is 27.1 Å². The van der Waals surface area contributed by atoms with Crippen LogP contribution < -0.4 is 14.8 Å². The summed E-state index contributed by atoms with van der Waals surface area (Å²) in [4.78, 5) is 0. The van der Waals surface area contributed by atoms with E-state index in [-0.39, 0.29) is 11.5 Å². The molecule has 0 heterocycles. The predicted molar refractivity (Wildman–Crippen MR) is 82.0 cm³/mol. The highest BCUT2D eigenvalue weighted by Gasteiger charge is 2.10. The number of hydrogen-bond donors (Lipinski definition) is 1. The first-order valence-electron chi connectivity index (χ1n) is 6.29. The second-order valence-corrected chi connectivity index (χ2v) is 7.08. The van der Waals surface area contributed by atoms with Gasteiger partial charge in [-0.2, -0.15) is 0 Å². The van der Waals surface area contributed by atoms with Crippen molar-refractivity contribution in [2.24, 2.45) is 0 Å². The van der Waals surface area contributed by atoms with E-state index in [1.807, 2.05) is 0 Å².